The van der Waals surface area contributed by atoms with Gasteiger partial charge in [0.1, 0.15) is 12.1 Å². The third-order valence-corrected chi connectivity index (χ3v) is 6.08. The molecule has 0 amide bonds. The van der Waals surface area contributed by atoms with Crippen molar-refractivity contribution in [3.63, 3.8) is 0 Å². The maximum atomic E-state index is 9.50. The van der Waals surface area contributed by atoms with Gasteiger partial charge in [0, 0.05) is 50.1 Å². The number of piperazine rings is 1. The molecule has 4 rings (SSSR count). The highest BCUT2D eigenvalue weighted by atomic mass is 35.5. The molecule has 180 valence electrons. The van der Waals surface area contributed by atoms with Crippen LogP contribution in [0.1, 0.15) is 30.7 Å². The standard InChI is InChI=1S/C23H26ClN5.C4H8O/c1-17-3-5-19(6-4-17)23-21(8-7-18-9-10-25-15-20(18)24)27-22(16-26-23)29-13-11-28(2)12-14-29;1-4(2)3-5/h3-6,9-10,15-16H,7-8,11-14H2,1-2H3;3-4H,1-2H3. The van der Waals surface area contributed by atoms with Gasteiger partial charge >= 0.3 is 0 Å². The first kappa shape index (κ1) is 25.8. The first-order valence-electron chi connectivity index (χ1n) is 11.8. The van der Waals surface area contributed by atoms with E-state index in [9.17, 15) is 4.79 Å². The van der Waals surface area contributed by atoms with Crippen molar-refractivity contribution in [2.24, 2.45) is 5.92 Å². The first-order chi connectivity index (χ1) is 16.4. The molecular weight excluding hydrogens is 446 g/mol. The number of hydrogen-bond acceptors (Lipinski definition) is 6. The van der Waals surface area contributed by atoms with Gasteiger partial charge in [-0.3, -0.25) is 9.97 Å². The van der Waals surface area contributed by atoms with Crippen molar-refractivity contribution in [1.29, 1.82) is 0 Å². The second-order valence-electron chi connectivity index (χ2n) is 9.03. The minimum Gasteiger partial charge on any atom is -0.353 e. The lowest BCUT2D eigenvalue weighted by Crippen LogP contribution is -2.45. The highest BCUT2D eigenvalue weighted by Crippen LogP contribution is 2.26. The lowest BCUT2D eigenvalue weighted by molar-refractivity contribution is -0.110. The predicted molar refractivity (Wildman–Crippen MR) is 139 cm³/mol. The zero-order valence-electron chi connectivity index (χ0n) is 20.5. The van der Waals surface area contributed by atoms with E-state index in [-0.39, 0.29) is 5.92 Å². The third-order valence-electron chi connectivity index (χ3n) is 5.74. The largest absolute Gasteiger partial charge is 0.353 e. The first-order valence-corrected chi connectivity index (χ1v) is 12.1. The van der Waals surface area contributed by atoms with Crippen LogP contribution in [0.25, 0.3) is 11.3 Å². The summed E-state index contributed by atoms with van der Waals surface area (Å²) < 4.78 is 0. The fraction of sp³-hybridized carbons (Fsp3) is 0.407. The summed E-state index contributed by atoms with van der Waals surface area (Å²) in [7, 11) is 2.16. The van der Waals surface area contributed by atoms with Gasteiger partial charge in [-0.15, -0.1) is 0 Å². The lowest BCUT2D eigenvalue weighted by Gasteiger charge is -2.33. The molecule has 3 aromatic rings. The van der Waals surface area contributed by atoms with Gasteiger partial charge in [0.15, 0.2) is 0 Å². The number of hydrogen-bond donors (Lipinski definition) is 0. The van der Waals surface area contributed by atoms with Gasteiger partial charge in [0.25, 0.3) is 0 Å². The minimum atomic E-state index is 0.204. The van der Waals surface area contributed by atoms with Crippen LogP contribution in [0.4, 0.5) is 5.82 Å². The van der Waals surface area contributed by atoms with E-state index >= 15 is 0 Å². The Morgan fingerprint density at radius 1 is 1.03 bits per heavy atom. The SMILES string of the molecule is CC(C)C=O.Cc1ccc(-c2ncc(N3CCN(C)CC3)nc2CCc2ccncc2Cl)cc1. The number of aldehydes is 1. The average Bonchev–Trinajstić information content (AvgIpc) is 2.85. The highest BCUT2D eigenvalue weighted by Gasteiger charge is 2.18. The average molecular weight is 480 g/mol. The maximum Gasteiger partial charge on any atom is 0.147 e. The molecule has 0 atom stereocenters. The molecule has 6 nitrogen and oxygen atoms in total. The summed E-state index contributed by atoms with van der Waals surface area (Å²) in [4.78, 5) is 28.2. The van der Waals surface area contributed by atoms with Crippen LogP contribution in [0, 0.1) is 12.8 Å². The Bertz CT molecular complexity index is 1060. The number of rotatable bonds is 6. The number of carbonyl (C=O) groups is 1. The van der Waals surface area contributed by atoms with Crippen molar-refractivity contribution in [1.82, 2.24) is 19.9 Å². The third kappa shape index (κ3) is 7.34. The molecule has 0 radical (unpaired) electrons. The Hall–Kier alpha value is -2.83. The Labute approximate surface area is 208 Å². The molecule has 1 saturated heterocycles. The van der Waals surface area contributed by atoms with Crippen molar-refractivity contribution < 1.29 is 4.79 Å². The van der Waals surface area contributed by atoms with Crippen LogP contribution in [0.5, 0.6) is 0 Å². The summed E-state index contributed by atoms with van der Waals surface area (Å²) in [5.41, 5.74) is 5.39. The molecule has 2 aromatic heterocycles. The molecule has 0 spiro atoms. The van der Waals surface area contributed by atoms with Crippen LogP contribution in [0.2, 0.25) is 5.02 Å². The fourth-order valence-electron chi connectivity index (χ4n) is 3.59. The van der Waals surface area contributed by atoms with Gasteiger partial charge in [0.05, 0.1) is 22.6 Å². The summed E-state index contributed by atoms with van der Waals surface area (Å²) in [6.07, 6.45) is 7.91. The molecule has 34 heavy (non-hydrogen) atoms. The van der Waals surface area contributed by atoms with Crippen molar-refractivity contribution in [2.75, 3.05) is 38.1 Å². The van der Waals surface area contributed by atoms with Crippen LogP contribution in [0.3, 0.4) is 0 Å². The second kappa shape index (κ2) is 12.6. The number of carbonyl (C=O) groups excluding carboxylic acids is 1. The topological polar surface area (TPSA) is 62.2 Å². The Kier molecular flexibility index (Phi) is 9.54. The molecule has 1 aliphatic rings. The molecule has 3 heterocycles. The quantitative estimate of drug-likeness (QED) is 0.469. The van der Waals surface area contributed by atoms with Gasteiger partial charge < -0.3 is 14.6 Å². The Morgan fingerprint density at radius 3 is 2.32 bits per heavy atom. The van der Waals surface area contributed by atoms with E-state index in [1.165, 1.54) is 5.56 Å². The number of pyridine rings is 1. The number of likely N-dealkylation sites (N-methyl/N-ethyl adjacent to an activating group) is 1. The predicted octanol–water partition coefficient (Wildman–Crippen LogP) is 4.88. The fourth-order valence-corrected chi connectivity index (χ4v) is 3.81. The van der Waals surface area contributed by atoms with E-state index in [0.29, 0.717) is 5.02 Å². The molecule has 0 N–H and O–H groups in total. The monoisotopic (exact) mass is 479 g/mol. The molecule has 0 unspecified atom stereocenters. The van der Waals surface area contributed by atoms with Crippen molar-refractivity contribution >= 4 is 23.7 Å². The minimum absolute atomic E-state index is 0.204. The molecule has 0 aliphatic carbocycles. The van der Waals surface area contributed by atoms with Crippen LogP contribution >= 0.6 is 11.6 Å². The smallest absolute Gasteiger partial charge is 0.147 e. The molecule has 1 aromatic carbocycles. The summed E-state index contributed by atoms with van der Waals surface area (Å²) in [6.45, 7) is 9.85. The summed E-state index contributed by atoms with van der Waals surface area (Å²) in [5, 5.41) is 0.701. The van der Waals surface area contributed by atoms with Gasteiger partial charge in [-0.05, 0) is 38.4 Å². The Balaban J connectivity index is 0.000000588. The summed E-state index contributed by atoms with van der Waals surface area (Å²) >= 11 is 6.32. The van der Waals surface area contributed by atoms with E-state index in [2.05, 4.69) is 53.0 Å². The molecule has 1 aliphatic heterocycles. The van der Waals surface area contributed by atoms with Crippen LogP contribution < -0.4 is 4.90 Å². The van der Waals surface area contributed by atoms with Crippen molar-refractivity contribution in [3.8, 4) is 11.3 Å². The van der Waals surface area contributed by atoms with Crippen LogP contribution in [-0.4, -0.2) is 59.4 Å². The van der Waals surface area contributed by atoms with Gasteiger partial charge in [0.2, 0.25) is 0 Å². The van der Waals surface area contributed by atoms with Crippen molar-refractivity contribution in [2.45, 2.75) is 33.6 Å². The number of aromatic nitrogens is 3. The number of halogens is 1. The molecule has 1 fully saturated rings. The number of nitrogens with zero attached hydrogens (tertiary/aromatic N) is 5. The van der Waals surface area contributed by atoms with Crippen LogP contribution in [-0.2, 0) is 17.6 Å². The zero-order chi connectivity index (χ0) is 24.5. The summed E-state index contributed by atoms with van der Waals surface area (Å²) in [5.74, 6) is 1.17. The molecular formula is C27H34ClN5O. The van der Waals surface area contributed by atoms with Crippen molar-refractivity contribution in [3.05, 3.63) is 70.8 Å². The normalized spacial score (nSPS) is 14.0. The van der Waals surface area contributed by atoms with E-state index < -0.39 is 0 Å². The van der Waals surface area contributed by atoms with E-state index in [1.807, 2.05) is 26.1 Å². The van der Waals surface area contributed by atoms with Gasteiger partial charge in [-0.25, -0.2) is 4.98 Å². The Morgan fingerprint density at radius 2 is 1.71 bits per heavy atom. The number of benzene rings is 1. The molecule has 0 saturated carbocycles. The number of anilines is 1. The highest BCUT2D eigenvalue weighted by molar-refractivity contribution is 6.31. The van der Waals surface area contributed by atoms with Gasteiger partial charge in [-0.2, -0.15) is 0 Å². The van der Waals surface area contributed by atoms with Gasteiger partial charge in [-0.1, -0.05) is 55.3 Å². The molecule has 0 bridgehead atoms. The lowest BCUT2D eigenvalue weighted by atomic mass is 10.0. The number of aryl methyl sites for hydroxylation is 3. The maximum absolute atomic E-state index is 9.50. The van der Waals surface area contributed by atoms with E-state index in [1.54, 1.807) is 12.4 Å². The second-order valence-corrected chi connectivity index (χ2v) is 9.43. The van der Waals surface area contributed by atoms with E-state index in [4.69, 9.17) is 21.6 Å². The van der Waals surface area contributed by atoms with Crippen LogP contribution in [0.15, 0.2) is 48.9 Å². The molecule has 7 heteroatoms. The zero-order valence-corrected chi connectivity index (χ0v) is 21.3. The summed E-state index contributed by atoms with van der Waals surface area (Å²) in [6, 6.07) is 10.5. The van der Waals surface area contributed by atoms with E-state index in [0.717, 1.165) is 73.6 Å².